The number of hydrogen-bond acceptors (Lipinski definition) is 4. The molecule has 1 aromatic carbocycles. The molecule has 0 fully saturated rings. The van der Waals surface area contributed by atoms with Crippen LogP contribution in [0.15, 0.2) is 24.3 Å². The van der Waals surface area contributed by atoms with Crippen LogP contribution in [0.2, 0.25) is 5.02 Å². The molecule has 20 heavy (non-hydrogen) atoms. The van der Waals surface area contributed by atoms with Crippen LogP contribution in [-0.4, -0.2) is 45.4 Å². The summed E-state index contributed by atoms with van der Waals surface area (Å²) in [5.74, 6) is 0.546. The van der Waals surface area contributed by atoms with Crippen molar-refractivity contribution in [3.05, 3.63) is 29.3 Å². The zero-order valence-corrected chi connectivity index (χ0v) is 12.6. The molecule has 1 atom stereocenters. The molecule has 1 amide bonds. The molecule has 0 aliphatic heterocycles. The van der Waals surface area contributed by atoms with E-state index >= 15 is 0 Å². The quantitative estimate of drug-likeness (QED) is 0.678. The number of nitrogens with one attached hydrogen (secondary N) is 2. The van der Waals surface area contributed by atoms with Crippen LogP contribution in [0.25, 0.3) is 0 Å². The van der Waals surface area contributed by atoms with Crippen molar-refractivity contribution in [2.45, 2.75) is 13.0 Å². The van der Waals surface area contributed by atoms with Gasteiger partial charge in [-0.15, -0.1) is 0 Å². The second-order valence-electron chi connectivity index (χ2n) is 4.33. The first-order valence-electron chi connectivity index (χ1n) is 6.51. The van der Waals surface area contributed by atoms with Crippen LogP contribution in [0.5, 0.6) is 5.75 Å². The minimum atomic E-state index is -0.155. The van der Waals surface area contributed by atoms with Gasteiger partial charge < -0.3 is 20.1 Å². The molecular weight excluding hydrogens is 280 g/mol. The number of benzene rings is 1. The van der Waals surface area contributed by atoms with E-state index in [0.29, 0.717) is 30.5 Å². The SMILES string of the molecule is COCCNCC(=O)NCC(C)Oc1ccccc1Cl. The van der Waals surface area contributed by atoms with E-state index in [1.807, 2.05) is 19.1 Å². The second kappa shape index (κ2) is 9.58. The van der Waals surface area contributed by atoms with E-state index in [2.05, 4.69) is 10.6 Å². The summed E-state index contributed by atoms with van der Waals surface area (Å²) in [7, 11) is 1.62. The molecule has 6 heteroatoms. The zero-order valence-electron chi connectivity index (χ0n) is 11.8. The third-order valence-electron chi connectivity index (χ3n) is 2.52. The van der Waals surface area contributed by atoms with E-state index in [0.717, 1.165) is 0 Å². The van der Waals surface area contributed by atoms with Crippen molar-refractivity contribution < 1.29 is 14.3 Å². The Balaban J connectivity index is 2.21. The Morgan fingerprint density at radius 3 is 2.85 bits per heavy atom. The van der Waals surface area contributed by atoms with Gasteiger partial charge in [0, 0.05) is 13.7 Å². The van der Waals surface area contributed by atoms with E-state index in [1.165, 1.54) is 0 Å². The van der Waals surface area contributed by atoms with Crippen LogP contribution in [0.3, 0.4) is 0 Å². The molecule has 0 saturated heterocycles. The molecule has 5 nitrogen and oxygen atoms in total. The van der Waals surface area contributed by atoms with Gasteiger partial charge in [-0.25, -0.2) is 0 Å². The average molecular weight is 301 g/mol. The lowest BCUT2D eigenvalue weighted by Crippen LogP contribution is -2.39. The van der Waals surface area contributed by atoms with Gasteiger partial charge in [-0.1, -0.05) is 23.7 Å². The minimum Gasteiger partial charge on any atom is -0.487 e. The Morgan fingerprint density at radius 2 is 2.15 bits per heavy atom. The maximum Gasteiger partial charge on any atom is 0.234 e. The van der Waals surface area contributed by atoms with E-state index < -0.39 is 0 Å². The first-order valence-corrected chi connectivity index (χ1v) is 6.88. The zero-order chi connectivity index (χ0) is 14.8. The van der Waals surface area contributed by atoms with Crippen molar-refractivity contribution in [1.29, 1.82) is 0 Å². The Bertz CT molecular complexity index is 415. The second-order valence-corrected chi connectivity index (χ2v) is 4.74. The molecule has 0 radical (unpaired) electrons. The smallest absolute Gasteiger partial charge is 0.234 e. The maximum absolute atomic E-state index is 11.5. The van der Waals surface area contributed by atoms with Crippen LogP contribution in [0.4, 0.5) is 0 Å². The van der Waals surface area contributed by atoms with Gasteiger partial charge in [-0.05, 0) is 19.1 Å². The highest BCUT2D eigenvalue weighted by atomic mass is 35.5. The summed E-state index contributed by atoms with van der Waals surface area (Å²) >= 11 is 6.00. The number of ether oxygens (including phenoxy) is 2. The van der Waals surface area contributed by atoms with Gasteiger partial charge in [0.1, 0.15) is 11.9 Å². The molecule has 1 aromatic rings. The van der Waals surface area contributed by atoms with Gasteiger partial charge in [0.25, 0.3) is 0 Å². The molecule has 0 bridgehead atoms. The number of amides is 1. The largest absolute Gasteiger partial charge is 0.487 e. The van der Waals surface area contributed by atoms with Crippen LogP contribution < -0.4 is 15.4 Å². The van der Waals surface area contributed by atoms with Gasteiger partial charge >= 0.3 is 0 Å². The fourth-order valence-corrected chi connectivity index (χ4v) is 1.68. The topological polar surface area (TPSA) is 59.6 Å². The number of hydrogen-bond donors (Lipinski definition) is 2. The molecule has 0 spiro atoms. The first kappa shape index (κ1) is 16.8. The lowest BCUT2D eigenvalue weighted by atomic mass is 10.3. The van der Waals surface area contributed by atoms with E-state index in [4.69, 9.17) is 21.1 Å². The summed E-state index contributed by atoms with van der Waals surface area (Å²) in [6.45, 7) is 3.80. The van der Waals surface area contributed by atoms with Crippen LogP contribution >= 0.6 is 11.6 Å². The van der Waals surface area contributed by atoms with Gasteiger partial charge in [0.15, 0.2) is 0 Å². The first-order chi connectivity index (χ1) is 9.63. The van der Waals surface area contributed by atoms with Crippen LogP contribution in [-0.2, 0) is 9.53 Å². The van der Waals surface area contributed by atoms with Crippen LogP contribution in [0.1, 0.15) is 6.92 Å². The van der Waals surface area contributed by atoms with Crippen molar-refractivity contribution in [3.63, 3.8) is 0 Å². The summed E-state index contributed by atoms with van der Waals surface area (Å²) in [6, 6.07) is 7.26. The predicted octanol–water partition coefficient (Wildman–Crippen LogP) is 1.46. The highest BCUT2D eigenvalue weighted by molar-refractivity contribution is 6.32. The third-order valence-corrected chi connectivity index (χ3v) is 2.83. The molecule has 2 N–H and O–H groups in total. The Morgan fingerprint density at radius 1 is 1.40 bits per heavy atom. The lowest BCUT2D eigenvalue weighted by molar-refractivity contribution is -0.120. The van der Waals surface area contributed by atoms with E-state index in [1.54, 1.807) is 19.2 Å². The van der Waals surface area contributed by atoms with Crippen LogP contribution in [0, 0.1) is 0 Å². The minimum absolute atomic E-state index is 0.0734. The predicted molar refractivity (Wildman–Crippen MR) is 79.3 cm³/mol. The maximum atomic E-state index is 11.5. The lowest BCUT2D eigenvalue weighted by Gasteiger charge is -2.16. The van der Waals surface area contributed by atoms with Crippen molar-refractivity contribution in [2.75, 3.05) is 33.4 Å². The highest BCUT2D eigenvalue weighted by Crippen LogP contribution is 2.23. The molecule has 1 unspecified atom stereocenters. The van der Waals surface area contributed by atoms with Gasteiger partial charge in [0.2, 0.25) is 5.91 Å². The fraction of sp³-hybridized carbons (Fsp3) is 0.500. The third kappa shape index (κ3) is 6.75. The average Bonchev–Trinajstić information content (AvgIpc) is 2.44. The molecule has 0 aliphatic carbocycles. The van der Waals surface area contributed by atoms with Crippen molar-refractivity contribution in [2.24, 2.45) is 0 Å². The summed E-state index contributed by atoms with van der Waals surface area (Å²) < 4.78 is 10.5. The number of para-hydroxylation sites is 1. The van der Waals surface area contributed by atoms with Gasteiger partial charge in [-0.2, -0.15) is 0 Å². The monoisotopic (exact) mass is 300 g/mol. The number of methoxy groups -OCH3 is 1. The summed E-state index contributed by atoms with van der Waals surface area (Å²) in [6.07, 6.45) is -0.155. The molecule has 0 heterocycles. The Kier molecular flexibility index (Phi) is 8.02. The van der Waals surface area contributed by atoms with E-state index in [-0.39, 0.29) is 18.6 Å². The van der Waals surface area contributed by atoms with Crippen molar-refractivity contribution in [3.8, 4) is 5.75 Å². The molecule has 0 aliphatic rings. The number of carbonyl (C=O) groups is 1. The standard InChI is InChI=1S/C14H21ClN2O3/c1-11(20-13-6-4-3-5-12(13)15)9-17-14(18)10-16-7-8-19-2/h3-6,11,16H,7-10H2,1-2H3,(H,17,18). The van der Waals surface area contributed by atoms with Crippen molar-refractivity contribution >= 4 is 17.5 Å². The Hall–Kier alpha value is -1.30. The van der Waals surface area contributed by atoms with Crippen molar-refractivity contribution in [1.82, 2.24) is 10.6 Å². The molecule has 1 rings (SSSR count). The molecule has 0 aromatic heterocycles. The fourth-order valence-electron chi connectivity index (χ4n) is 1.49. The molecular formula is C14H21ClN2O3. The summed E-state index contributed by atoms with van der Waals surface area (Å²) in [4.78, 5) is 11.5. The summed E-state index contributed by atoms with van der Waals surface area (Å²) in [5.41, 5.74) is 0. The normalized spacial score (nSPS) is 11.9. The Labute approximate surface area is 124 Å². The van der Waals surface area contributed by atoms with E-state index in [9.17, 15) is 4.79 Å². The molecule has 112 valence electrons. The highest BCUT2D eigenvalue weighted by Gasteiger charge is 2.08. The number of carbonyl (C=O) groups excluding carboxylic acids is 1. The number of rotatable bonds is 9. The number of halogens is 1. The molecule has 0 saturated carbocycles. The summed E-state index contributed by atoms with van der Waals surface area (Å²) in [5, 5.41) is 6.32. The van der Waals surface area contributed by atoms with Gasteiger partial charge in [0.05, 0.1) is 24.7 Å². The van der Waals surface area contributed by atoms with Gasteiger partial charge in [-0.3, -0.25) is 4.79 Å².